The van der Waals surface area contributed by atoms with Gasteiger partial charge < -0.3 is 14.2 Å². The van der Waals surface area contributed by atoms with Crippen LogP contribution in [-0.4, -0.2) is 26.5 Å². The molecule has 0 spiro atoms. The minimum atomic E-state index is 0.175. The zero-order chi connectivity index (χ0) is 17.4. The van der Waals surface area contributed by atoms with Crippen LogP contribution in [0.15, 0.2) is 45.9 Å². The van der Waals surface area contributed by atoms with E-state index in [-0.39, 0.29) is 6.61 Å². The van der Waals surface area contributed by atoms with E-state index in [0.29, 0.717) is 18.1 Å². The van der Waals surface area contributed by atoms with Crippen molar-refractivity contribution < 1.29 is 14.2 Å². The minimum Gasteiger partial charge on any atom is -0.494 e. The summed E-state index contributed by atoms with van der Waals surface area (Å²) >= 11 is 3.47. The summed E-state index contributed by atoms with van der Waals surface area (Å²) in [6.45, 7) is 2.77. The van der Waals surface area contributed by atoms with Gasteiger partial charge in [0.1, 0.15) is 12.4 Å². The van der Waals surface area contributed by atoms with Gasteiger partial charge in [-0.3, -0.25) is 4.99 Å². The SMILES string of the molecule is C#CCOc1c(Br)cc(C=Nc2ccc(OCC)cc2)cc1OC. The van der Waals surface area contributed by atoms with Crippen LogP contribution in [0.5, 0.6) is 17.2 Å². The first-order valence-corrected chi connectivity index (χ1v) is 8.18. The van der Waals surface area contributed by atoms with Crippen molar-refractivity contribution in [3.8, 4) is 29.6 Å². The summed E-state index contributed by atoms with van der Waals surface area (Å²) in [5.41, 5.74) is 1.71. The van der Waals surface area contributed by atoms with Gasteiger partial charge in [-0.1, -0.05) is 5.92 Å². The summed E-state index contributed by atoms with van der Waals surface area (Å²) in [4.78, 5) is 4.46. The predicted molar refractivity (Wildman–Crippen MR) is 99.9 cm³/mol. The number of nitrogens with zero attached hydrogens (tertiary/aromatic N) is 1. The van der Waals surface area contributed by atoms with Gasteiger partial charge in [-0.25, -0.2) is 0 Å². The summed E-state index contributed by atoms with van der Waals surface area (Å²) in [7, 11) is 1.58. The van der Waals surface area contributed by atoms with Crippen LogP contribution in [0.25, 0.3) is 0 Å². The highest BCUT2D eigenvalue weighted by Gasteiger charge is 2.10. The Kier molecular flexibility index (Phi) is 6.71. The van der Waals surface area contributed by atoms with Gasteiger partial charge in [0.05, 0.1) is 23.9 Å². The van der Waals surface area contributed by atoms with Crippen LogP contribution in [-0.2, 0) is 0 Å². The van der Waals surface area contributed by atoms with Gasteiger partial charge in [0.25, 0.3) is 0 Å². The number of methoxy groups -OCH3 is 1. The minimum absolute atomic E-state index is 0.175. The quantitative estimate of drug-likeness (QED) is 0.513. The molecule has 0 atom stereocenters. The molecule has 124 valence electrons. The van der Waals surface area contributed by atoms with E-state index in [2.05, 4.69) is 26.8 Å². The van der Waals surface area contributed by atoms with Crippen molar-refractivity contribution in [2.75, 3.05) is 20.3 Å². The molecule has 24 heavy (non-hydrogen) atoms. The maximum Gasteiger partial charge on any atom is 0.176 e. The lowest BCUT2D eigenvalue weighted by atomic mass is 10.2. The Morgan fingerprint density at radius 2 is 1.96 bits per heavy atom. The second-order valence-electron chi connectivity index (χ2n) is 4.71. The number of halogens is 1. The molecule has 2 aromatic rings. The number of ether oxygens (including phenoxy) is 3. The van der Waals surface area contributed by atoms with E-state index in [4.69, 9.17) is 20.6 Å². The molecular formula is C19H18BrNO3. The molecule has 2 aromatic carbocycles. The van der Waals surface area contributed by atoms with Crippen molar-refractivity contribution in [3.63, 3.8) is 0 Å². The Hall–Kier alpha value is -2.45. The lowest BCUT2D eigenvalue weighted by Gasteiger charge is -2.11. The average molecular weight is 388 g/mol. The smallest absolute Gasteiger partial charge is 0.176 e. The van der Waals surface area contributed by atoms with Crippen LogP contribution in [0.4, 0.5) is 5.69 Å². The molecule has 4 nitrogen and oxygen atoms in total. The summed E-state index contributed by atoms with van der Waals surface area (Å²) in [6, 6.07) is 11.3. The van der Waals surface area contributed by atoms with Crippen LogP contribution in [0.1, 0.15) is 12.5 Å². The molecule has 0 fully saturated rings. The monoisotopic (exact) mass is 387 g/mol. The van der Waals surface area contributed by atoms with Gasteiger partial charge in [0.15, 0.2) is 11.5 Å². The largest absolute Gasteiger partial charge is 0.494 e. The second-order valence-corrected chi connectivity index (χ2v) is 5.57. The highest BCUT2D eigenvalue weighted by molar-refractivity contribution is 9.10. The molecule has 0 aliphatic carbocycles. The van der Waals surface area contributed by atoms with Gasteiger partial charge in [0, 0.05) is 6.21 Å². The van der Waals surface area contributed by atoms with Gasteiger partial charge in [-0.2, -0.15) is 0 Å². The van der Waals surface area contributed by atoms with Crippen LogP contribution in [0.3, 0.4) is 0 Å². The second kappa shape index (κ2) is 8.99. The van der Waals surface area contributed by atoms with E-state index in [9.17, 15) is 0 Å². The Morgan fingerprint density at radius 3 is 2.58 bits per heavy atom. The highest BCUT2D eigenvalue weighted by atomic mass is 79.9. The molecule has 0 saturated carbocycles. The van der Waals surface area contributed by atoms with Crippen molar-refractivity contribution in [3.05, 3.63) is 46.4 Å². The molecular weight excluding hydrogens is 370 g/mol. The van der Waals surface area contributed by atoms with E-state index in [0.717, 1.165) is 21.5 Å². The third-order valence-electron chi connectivity index (χ3n) is 3.06. The van der Waals surface area contributed by atoms with Crippen LogP contribution < -0.4 is 14.2 Å². The number of hydrogen-bond acceptors (Lipinski definition) is 4. The number of terminal acetylenes is 1. The molecule has 0 aliphatic heterocycles. The summed E-state index contributed by atoms with van der Waals surface area (Å²) in [5.74, 6) is 4.43. The highest BCUT2D eigenvalue weighted by Crippen LogP contribution is 2.36. The fourth-order valence-corrected chi connectivity index (χ4v) is 2.59. The Morgan fingerprint density at radius 1 is 1.21 bits per heavy atom. The third kappa shape index (κ3) is 4.77. The lowest BCUT2D eigenvalue weighted by molar-refractivity contribution is 0.329. The number of hydrogen-bond donors (Lipinski definition) is 0. The van der Waals surface area contributed by atoms with Crippen LogP contribution in [0, 0.1) is 12.3 Å². The predicted octanol–water partition coefficient (Wildman–Crippen LogP) is 4.62. The first-order valence-electron chi connectivity index (χ1n) is 7.38. The molecule has 0 aromatic heterocycles. The van der Waals surface area contributed by atoms with Gasteiger partial charge in [-0.05, 0) is 64.8 Å². The van der Waals surface area contributed by atoms with E-state index in [1.54, 1.807) is 13.3 Å². The van der Waals surface area contributed by atoms with E-state index in [1.807, 2.05) is 43.3 Å². The lowest BCUT2D eigenvalue weighted by Crippen LogP contribution is -1.98. The molecule has 0 aliphatic rings. The fourth-order valence-electron chi connectivity index (χ4n) is 2.01. The summed E-state index contributed by atoms with van der Waals surface area (Å²) < 4.78 is 17.0. The van der Waals surface area contributed by atoms with Crippen LogP contribution in [0.2, 0.25) is 0 Å². The Labute approximate surface area is 150 Å². The molecule has 0 amide bonds. The molecule has 5 heteroatoms. The molecule has 0 heterocycles. The zero-order valence-corrected chi connectivity index (χ0v) is 15.2. The maximum absolute atomic E-state index is 5.50. The molecule has 0 N–H and O–H groups in total. The molecule has 0 bridgehead atoms. The first-order chi connectivity index (χ1) is 11.7. The van der Waals surface area contributed by atoms with E-state index >= 15 is 0 Å². The van der Waals surface area contributed by atoms with Crippen molar-refractivity contribution in [1.82, 2.24) is 0 Å². The van der Waals surface area contributed by atoms with E-state index in [1.165, 1.54) is 0 Å². The number of benzene rings is 2. The Balaban J connectivity index is 2.19. The number of rotatable bonds is 7. The fraction of sp³-hybridized carbons (Fsp3) is 0.211. The third-order valence-corrected chi connectivity index (χ3v) is 3.65. The summed E-state index contributed by atoms with van der Waals surface area (Å²) in [6.07, 6.45) is 6.99. The van der Waals surface area contributed by atoms with E-state index < -0.39 is 0 Å². The van der Waals surface area contributed by atoms with Crippen LogP contribution >= 0.6 is 15.9 Å². The molecule has 0 radical (unpaired) electrons. The summed E-state index contributed by atoms with van der Waals surface area (Å²) in [5, 5.41) is 0. The van der Waals surface area contributed by atoms with Crippen molar-refractivity contribution in [2.24, 2.45) is 4.99 Å². The molecule has 2 rings (SSSR count). The molecule has 0 saturated heterocycles. The maximum atomic E-state index is 5.50. The van der Waals surface area contributed by atoms with Gasteiger partial charge in [-0.15, -0.1) is 6.42 Å². The van der Waals surface area contributed by atoms with Gasteiger partial charge >= 0.3 is 0 Å². The van der Waals surface area contributed by atoms with Crippen molar-refractivity contribution in [1.29, 1.82) is 0 Å². The number of aliphatic imine (C=N–C) groups is 1. The standard InChI is InChI=1S/C19H18BrNO3/c1-4-10-24-19-17(20)11-14(12-18(19)22-3)13-21-15-6-8-16(9-7-15)23-5-2/h1,6-9,11-13H,5,10H2,2-3H3. The van der Waals surface area contributed by atoms with Crippen molar-refractivity contribution >= 4 is 27.8 Å². The van der Waals surface area contributed by atoms with Crippen molar-refractivity contribution in [2.45, 2.75) is 6.92 Å². The topological polar surface area (TPSA) is 40.0 Å². The Bertz CT molecular complexity index is 748. The average Bonchev–Trinajstić information content (AvgIpc) is 2.60. The normalized spacial score (nSPS) is 10.4. The van der Waals surface area contributed by atoms with Gasteiger partial charge in [0.2, 0.25) is 0 Å². The first kappa shape index (κ1) is 17.9. The molecule has 0 unspecified atom stereocenters. The zero-order valence-electron chi connectivity index (χ0n) is 13.6.